The van der Waals surface area contributed by atoms with Crippen molar-refractivity contribution >= 4 is 38.9 Å². The van der Waals surface area contributed by atoms with E-state index in [1.165, 1.54) is 24.3 Å². The summed E-state index contributed by atoms with van der Waals surface area (Å²) in [4.78, 5) is 0.182. The highest BCUT2D eigenvalue weighted by molar-refractivity contribution is 7.92. The van der Waals surface area contributed by atoms with E-state index in [4.69, 9.17) is 28.9 Å². The summed E-state index contributed by atoms with van der Waals surface area (Å²) in [5.74, 6) is 0. The molecule has 0 aliphatic rings. The van der Waals surface area contributed by atoms with Gasteiger partial charge >= 0.3 is 0 Å². The van der Waals surface area contributed by atoms with E-state index in [1.54, 1.807) is 19.1 Å². The van der Waals surface area contributed by atoms with Crippen LogP contribution in [-0.4, -0.2) is 8.42 Å². The Morgan fingerprint density at radius 2 is 1.76 bits per heavy atom. The van der Waals surface area contributed by atoms with E-state index in [1.807, 2.05) is 0 Å². The molecule has 0 fully saturated rings. The van der Waals surface area contributed by atoms with Crippen molar-refractivity contribution in [3.05, 3.63) is 57.6 Å². The monoisotopic (exact) mass is 344 g/mol. The quantitative estimate of drug-likeness (QED) is 0.890. The zero-order valence-electron chi connectivity index (χ0n) is 11.2. The molecule has 0 unspecified atom stereocenters. The summed E-state index contributed by atoms with van der Waals surface area (Å²) < 4.78 is 27.4. The summed E-state index contributed by atoms with van der Waals surface area (Å²) in [6.07, 6.45) is 0. The molecule has 0 aliphatic carbocycles. The van der Waals surface area contributed by atoms with Crippen LogP contribution >= 0.6 is 23.2 Å². The van der Waals surface area contributed by atoms with Crippen molar-refractivity contribution in [2.24, 2.45) is 5.73 Å². The van der Waals surface area contributed by atoms with Crippen LogP contribution in [0.4, 0.5) is 5.69 Å². The topological polar surface area (TPSA) is 72.2 Å². The molecule has 0 saturated heterocycles. The van der Waals surface area contributed by atoms with Crippen LogP contribution in [0.3, 0.4) is 0 Å². The van der Waals surface area contributed by atoms with Gasteiger partial charge in [-0.25, -0.2) is 8.42 Å². The summed E-state index contributed by atoms with van der Waals surface area (Å²) in [5, 5.41) is 0.709. The van der Waals surface area contributed by atoms with Crippen molar-refractivity contribution in [2.75, 3.05) is 4.72 Å². The number of anilines is 1. The van der Waals surface area contributed by atoms with Crippen LogP contribution in [-0.2, 0) is 16.6 Å². The van der Waals surface area contributed by atoms with E-state index in [9.17, 15) is 8.42 Å². The molecule has 2 aromatic carbocycles. The highest BCUT2D eigenvalue weighted by Crippen LogP contribution is 2.26. The molecular formula is C14H14Cl2N2O2S. The molecule has 0 aromatic heterocycles. The number of halogens is 2. The predicted octanol–water partition coefficient (Wildman–Crippen LogP) is 3.56. The molecule has 2 aromatic rings. The first-order valence-electron chi connectivity index (χ1n) is 6.11. The summed E-state index contributed by atoms with van der Waals surface area (Å²) >= 11 is 11.7. The van der Waals surface area contributed by atoms with Crippen LogP contribution in [0.1, 0.15) is 11.1 Å². The van der Waals surface area contributed by atoms with Crippen LogP contribution in [0.15, 0.2) is 41.3 Å². The van der Waals surface area contributed by atoms with Gasteiger partial charge in [0, 0.05) is 16.6 Å². The van der Waals surface area contributed by atoms with E-state index in [0.717, 1.165) is 5.56 Å². The van der Waals surface area contributed by atoms with Gasteiger partial charge in [0.1, 0.15) is 0 Å². The van der Waals surface area contributed by atoms with E-state index >= 15 is 0 Å². The Morgan fingerprint density at radius 1 is 1.14 bits per heavy atom. The van der Waals surface area contributed by atoms with Crippen molar-refractivity contribution < 1.29 is 8.42 Å². The lowest BCUT2D eigenvalue weighted by molar-refractivity contribution is 0.600. The zero-order valence-corrected chi connectivity index (χ0v) is 13.6. The third kappa shape index (κ3) is 3.68. The first-order valence-corrected chi connectivity index (χ1v) is 8.35. The zero-order chi connectivity index (χ0) is 15.6. The second kappa shape index (κ2) is 6.23. The van der Waals surface area contributed by atoms with Crippen LogP contribution in [0.25, 0.3) is 0 Å². The number of nitrogens with one attached hydrogen (secondary N) is 1. The van der Waals surface area contributed by atoms with Gasteiger partial charge in [0.15, 0.2) is 0 Å². The molecule has 4 nitrogen and oxygen atoms in total. The first kappa shape index (κ1) is 16.1. The number of sulfonamides is 1. The van der Waals surface area contributed by atoms with Gasteiger partial charge in [-0.1, -0.05) is 35.3 Å². The Labute approximate surface area is 133 Å². The molecule has 112 valence electrons. The lowest BCUT2D eigenvalue weighted by Gasteiger charge is -2.13. The number of benzene rings is 2. The Kier molecular flexibility index (Phi) is 4.78. The standard InChI is InChI=1S/C14H14Cl2N2O2S/c1-9-10(8-17)3-2-4-14(9)21(19,20)18-13-6-11(15)5-12(16)7-13/h2-7,18H,8,17H2,1H3. The summed E-state index contributed by atoms with van der Waals surface area (Å²) in [5.41, 5.74) is 7.32. The van der Waals surface area contributed by atoms with Crippen molar-refractivity contribution in [1.29, 1.82) is 0 Å². The average molecular weight is 345 g/mol. The van der Waals surface area contributed by atoms with Gasteiger partial charge in [-0.3, -0.25) is 4.72 Å². The SMILES string of the molecule is Cc1c(CN)cccc1S(=O)(=O)Nc1cc(Cl)cc(Cl)c1. The van der Waals surface area contributed by atoms with Crippen molar-refractivity contribution in [1.82, 2.24) is 0 Å². The highest BCUT2D eigenvalue weighted by atomic mass is 35.5. The van der Waals surface area contributed by atoms with E-state index in [0.29, 0.717) is 21.3 Å². The lowest BCUT2D eigenvalue weighted by Crippen LogP contribution is -2.15. The molecule has 7 heteroatoms. The third-order valence-electron chi connectivity index (χ3n) is 3.02. The highest BCUT2D eigenvalue weighted by Gasteiger charge is 2.18. The van der Waals surface area contributed by atoms with E-state index in [2.05, 4.69) is 4.72 Å². The van der Waals surface area contributed by atoms with Crippen molar-refractivity contribution in [3.63, 3.8) is 0 Å². The van der Waals surface area contributed by atoms with Gasteiger partial charge in [0.2, 0.25) is 0 Å². The Bertz CT molecular complexity index is 756. The fourth-order valence-corrected chi connectivity index (χ4v) is 3.85. The summed E-state index contributed by atoms with van der Waals surface area (Å²) in [6, 6.07) is 9.50. The lowest BCUT2D eigenvalue weighted by atomic mass is 10.1. The second-order valence-corrected chi connectivity index (χ2v) is 7.03. The molecule has 0 atom stereocenters. The Balaban J connectivity index is 2.43. The van der Waals surface area contributed by atoms with Gasteiger partial charge in [-0.2, -0.15) is 0 Å². The minimum absolute atomic E-state index is 0.182. The molecule has 0 spiro atoms. The Hall–Kier alpha value is -1.27. The minimum atomic E-state index is -3.73. The van der Waals surface area contributed by atoms with E-state index < -0.39 is 10.0 Å². The molecule has 2 rings (SSSR count). The molecule has 0 heterocycles. The maximum atomic E-state index is 12.5. The third-order valence-corrected chi connectivity index (χ3v) is 4.98. The maximum Gasteiger partial charge on any atom is 0.262 e. The van der Waals surface area contributed by atoms with Crippen LogP contribution in [0.5, 0.6) is 0 Å². The molecular weight excluding hydrogens is 331 g/mol. The molecule has 0 bridgehead atoms. The van der Waals surface area contributed by atoms with E-state index in [-0.39, 0.29) is 11.4 Å². The largest absolute Gasteiger partial charge is 0.326 e. The summed E-state index contributed by atoms with van der Waals surface area (Å²) in [6.45, 7) is 2.00. The second-order valence-electron chi connectivity index (χ2n) is 4.51. The average Bonchev–Trinajstić information content (AvgIpc) is 2.36. The predicted molar refractivity (Wildman–Crippen MR) is 86.3 cm³/mol. The maximum absolute atomic E-state index is 12.5. The molecule has 0 radical (unpaired) electrons. The van der Waals surface area contributed by atoms with Gasteiger partial charge in [-0.15, -0.1) is 0 Å². The molecule has 21 heavy (non-hydrogen) atoms. The van der Waals surface area contributed by atoms with Crippen LogP contribution < -0.4 is 10.5 Å². The van der Waals surface area contributed by atoms with Crippen molar-refractivity contribution in [3.8, 4) is 0 Å². The Morgan fingerprint density at radius 3 is 2.33 bits per heavy atom. The minimum Gasteiger partial charge on any atom is -0.326 e. The molecule has 0 amide bonds. The fourth-order valence-electron chi connectivity index (χ4n) is 2.00. The summed E-state index contributed by atoms with van der Waals surface area (Å²) in [7, 11) is -3.73. The van der Waals surface area contributed by atoms with Gasteiger partial charge in [0.25, 0.3) is 10.0 Å². The van der Waals surface area contributed by atoms with Crippen LogP contribution in [0.2, 0.25) is 10.0 Å². The smallest absolute Gasteiger partial charge is 0.262 e. The number of nitrogens with two attached hydrogens (primary N) is 1. The molecule has 0 saturated carbocycles. The first-order chi connectivity index (χ1) is 9.83. The number of rotatable bonds is 4. The number of hydrogen-bond acceptors (Lipinski definition) is 3. The number of hydrogen-bond donors (Lipinski definition) is 2. The fraction of sp³-hybridized carbons (Fsp3) is 0.143. The molecule has 0 aliphatic heterocycles. The van der Waals surface area contributed by atoms with Gasteiger partial charge < -0.3 is 5.73 Å². The normalized spacial score (nSPS) is 11.4. The van der Waals surface area contributed by atoms with Crippen LogP contribution in [0, 0.1) is 6.92 Å². The molecule has 3 N–H and O–H groups in total. The van der Waals surface area contributed by atoms with Gasteiger partial charge in [-0.05, 0) is 42.3 Å². The van der Waals surface area contributed by atoms with Gasteiger partial charge in [0.05, 0.1) is 10.6 Å². The van der Waals surface area contributed by atoms with Crippen molar-refractivity contribution in [2.45, 2.75) is 18.4 Å².